The van der Waals surface area contributed by atoms with Crippen LogP contribution in [0.25, 0.3) is 0 Å². The summed E-state index contributed by atoms with van der Waals surface area (Å²) in [7, 11) is -1.53. The molecule has 2 heterocycles. The van der Waals surface area contributed by atoms with Crippen LogP contribution >= 0.6 is 24.0 Å². The van der Waals surface area contributed by atoms with Crippen molar-refractivity contribution in [3.8, 4) is 0 Å². The number of benzene rings is 1. The van der Waals surface area contributed by atoms with Gasteiger partial charge in [0.15, 0.2) is 15.8 Å². The van der Waals surface area contributed by atoms with Crippen LogP contribution in [-0.4, -0.2) is 89.0 Å². The lowest BCUT2D eigenvalue weighted by atomic mass is 10.2. The van der Waals surface area contributed by atoms with E-state index in [0.717, 1.165) is 51.8 Å². The predicted molar refractivity (Wildman–Crippen MR) is 118 cm³/mol. The average Bonchev–Trinajstić information content (AvgIpc) is 3.16. The van der Waals surface area contributed by atoms with Gasteiger partial charge in [-0.1, -0.05) is 18.2 Å². The van der Waals surface area contributed by atoms with E-state index >= 15 is 0 Å². The molecule has 1 aromatic carbocycles. The zero-order valence-corrected chi connectivity index (χ0v) is 18.9. The van der Waals surface area contributed by atoms with Crippen LogP contribution in [0.4, 0.5) is 0 Å². The summed E-state index contributed by atoms with van der Waals surface area (Å²) in [5, 5.41) is 3.21. The molecule has 1 unspecified atom stereocenters. The fourth-order valence-electron chi connectivity index (χ4n) is 3.55. The zero-order valence-electron chi connectivity index (χ0n) is 15.7. The minimum absolute atomic E-state index is 0. The lowest BCUT2D eigenvalue weighted by Gasteiger charge is -2.32. The molecule has 2 fully saturated rings. The van der Waals surface area contributed by atoms with Gasteiger partial charge >= 0.3 is 0 Å². The van der Waals surface area contributed by atoms with Gasteiger partial charge in [0.25, 0.3) is 0 Å². The Morgan fingerprint density at radius 1 is 1.22 bits per heavy atom. The highest BCUT2D eigenvalue weighted by atomic mass is 127. The Labute approximate surface area is 179 Å². The van der Waals surface area contributed by atoms with Crippen molar-refractivity contribution in [2.45, 2.75) is 17.4 Å². The van der Waals surface area contributed by atoms with Crippen LogP contribution in [0.3, 0.4) is 0 Å². The maximum Gasteiger partial charge on any atom is 0.193 e. The van der Waals surface area contributed by atoms with Crippen LogP contribution in [0.5, 0.6) is 0 Å². The Kier molecular flexibility index (Phi) is 8.77. The highest BCUT2D eigenvalue weighted by Gasteiger charge is 2.30. The molecule has 0 aromatic heterocycles. The lowest BCUT2D eigenvalue weighted by Crippen LogP contribution is -2.47. The number of hydrogen-bond donors (Lipinski definition) is 1. The molecule has 1 N–H and O–H groups in total. The minimum atomic E-state index is -3.27. The van der Waals surface area contributed by atoms with Gasteiger partial charge in [0.1, 0.15) is 0 Å². The van der Waals surface area contributed by atoms with Gasteiger partial charge in [-0.25, -0.2) is 8.42 Å². The number of morpholine rings is 1. The van der Waals surface area contributed by atoms with E-state index < -0.39 is 9.84 Å². The van der Waals surface area contributed by atoms with Crippen molar-refractivity contribution in [1.82, 2.24) is 15.1 Å². The van der Waals surface area contributed by atoms with Crippen molar-refractivity contribution >= 4 is 39.8 Å². The maximum absolute atomic E-state index is 12.4. The quantitative estimate of drug-likeness (QED) is 0.365. The summed E-state index contributed by atoms with van der Waals surface area (Å²) in [5.41, 5.74) is 0. The molecule has 152 valence electrons. The van der Waals surface area contributed by atoms with Crippen molar-refractivity contribution in [2.75, 3.05) is 58.7 Å². The second-order valence-electron chi connectivity index (χ2n) is 6.64. The summed E-state index contributed by atoms with van der Waals surface area (Å²) in [6.45, 7) is 5.79. The first-order chi connectivity index (χ1) is 12.6. The smallest absolute Gasteiger partial charge is 0.193 e. The van der Waals surface area contributed by atoms with E-state index in [1.807, 2.05) is 6.07 Å². The van der Waals surface area contributed by atoms with Gasteiger partial charge in [0.05, 0.1) is 23.9 Å². The molecular formula is C18H29IN4O3S. The molecule has 0 spiro atoms. The largest absolute Gasteiger partial charge is 0.379 e. The lowest BCUT2D eigenvalue weighted by molar-refractivity contribution is 0.0195. The number of aliphatic imine (C=N–C) groups is 1. The molecule has 0 amide bonds. The molecule has 0 saturated carbocycles. The first-order valence-electron chi connectivity index (χ1n) is 9.15. The van der Waals surface area contributed by atoms with E-state index in [-0.39, 0.29) is 29.7 Å². The summed E-state index contributed by atoms with van der Waals surface area (Å²) >= 11 is 0. The topological polar surface area (TPSA) is 74.2 Å². The fraction of sp³-hybridized carbons (Fsp3) is 0.611. The van der Waals surface area contributed by atoms with Crippen LogP contribution in [0, 0.1) is 0 Å². The molecule has 2 aliphatic rings. The number of likely N-dealkylation sites (tertiary alicyclic amines) is 1. The first kappa shape index (κ1) is 22.4. The maximum atomic E-state index is 12.4. The number of ether oxygens (including phenoxy) is 1. The number of guanidine groups is 1. The molecule has 0 radical (unpaired) electrons. The van der Waals surface area contributed by atoms with Gasteiger partial charge < -0.3 is 15.0 Å². The Bertz CT molecular complexity index is 709. The SMILES string of the molecule is CN=C(NCCS(=O)(=O)c1ccccc1)N1CCC(N2CCOCC2)C1.I. The molecule has 27 heavy (non-hydrogen) atoms. The predicted octanol–water partition coefficient (Wildman–Crippen LogP) is 1.06. The fourth-order valence-corrected chi connectivity index (χ4v) is 4.73. The molecule has 1 atom stereocenters. The molecule has 2 saturated heterocycles. The summed E-state index contributed by atoms with van der Waals surface area (Å²) in [6, 6.07) is 9.10. The molecule has 7 nitrogen and oxygen atoms in total. The highest BCUT2D eigenvalue weighted by molar-refractivity contribution is 14.0. The van der Waals surface area contributed by atoms with Crippen LogP contribution in [0.2, 0.25) is 0 Å². The third kappa shape index (κ3) is 6.03. The van der Waals surface area contributed by atoms with Crippen molar-refractivity contribution < 1.29 is 13.2 Å². The van der Waals surface area contributed by atoms with E-state index in [2.05, 4.69) is 20.1 Å². The standard InChI is InChI=1S/C18H28N4O3S.HI/c1-19-18(20-8-14-26(23,24)17-5-3-2-4-6-17)22-9-7-16(15-22)21-10-12-25-13-11-21;/h2-6,16H,7-15H2,1H3,(H,19,20);1H. The van der Waals surface area contributed by atoms with Crippen LogP contribution in [-0.2, 0) is 14.6 Å². The number of halogens is 1. The van der Waals surface area contributed by atoms with Gasteiger partial charge in [0, 0.05) is 45.8 Å². The third-order valence-electron chi connectivity index (χ3n) is 4.99. The highest BCUT2D eigenvalue weighted by Crippen LogP contribution is 2.17. The second kappa shape index (κ2) is 10.6. The van der Waals surface area contributed by atoms with Crippen LogP contribution in [0.1, 0.15) is 6.42 Å². The number of hydrogen-bond acceptors (Lipinski definition) is 5. The summed E-state index contributed by atoms with van der Waals surface area (Å²) in [4.78, 5) is 9.40. The van der Waals surface area contributed by atoms with Crippen molar-refractivity contribution in [1.29, 1.82) is 0 Å². The van der Waals surface area contributed by atoms with E-state index in [4.69, 9.17) is 4.74 Å². The molecule has 0 bridgehead atoms. The number of nitrogens with zero attached hydrogens (tertiary/aromatic N) is 3. The second-order valence-corrected chi connectivity index (χ2v) is 8.75. The number of sulfone groups is 1. The summed E-state index contributed by atoms with van der Waals surface area (Å²) < 4.78 is 30.2. The monoisotopic (exact) mass is 508 g/mol. The van der Waals surface area contributed by atoms with Gasteiger partial charge in [-0.15, -0.1) is 24.0 Å². The molecule has 9 heteroatoms. The van der Waals surface area contributed by atoms with E-state index in [9.17, 15) is 8.42 Å². The Hall–Kier alpha value is -0.910. The number of rotatable bonds is 5. The van der Waals surface area contributed by atoms with E-state index in [0.29, 0.717) is 17.5 Å². The average molecular weight is 508 g/mol. The Balaban J connectivity index is 0.00000261. The van der Waals surface area contributed by atoms with Crippen molar-refractivity contribution in [3.05, 3.63) is 30.3 Å². The molecule has 3 rings (SSSR count). The normalized spacial score (nSPS) is 21.7. The van der Waals surface area contributed by atoms with Gasteiger partial charge in [-0.2, -0.15) is 0 Å². The van der Waals surface area contributed by atoms with E-state index in [1.54, 1.807) is 31.3 Å². The molecule has 1 aromatic rings. The third-order valence-corrected chi connectivity index (χ3v) is 6.72. The number of nitrogens with one attached hydrogen (secondary N) is 1. The van der Waals surface area contributed by atoms with Crippen molar-refractivity contribution in [3.63, 3.8) is 0 Å². The minimum Gasteiger partial charge on any atom is -0.379 e. The van der Waals surface area contributed by atoms with Gasteiger partial charge in [-0.05, 0) is 18.6 Å². The Morgan fingerprint density at radius 2 is 1.93 bits per heavy atom. The first-order valence-corrected chi connectivity index (χ1v) is 10.8. The Morgan fingerprint density at radius 3 is 2.59 bits per heavy atom. The van der Waals surface area contributed by atoms with Gasteiger partial charge in [-0.3, -0.25) is 9.89 Å². The van der Waals surface area contributed by atoms with Crippen molar-refractivity contribution in [2.24, 2.45) is 4.99 Å². The summed E-state index contributed by atoms with van der Waals surface area (Å²) in [5.74, 6) is 0.834. The summed E-state index contributed by atoms with van der Waals surface area (Å²) in [6.07, 6.45) is 1.10. The van der Waals surface area contributed by atoms with Crippen LogP contribution in [0.15, 0.2) is 40.2 Å². The molecular weight excluding hydrogens is 479 g/mol. The van der Waals surface area contributed by atoms with E-state index in [1.165, 1.54) is 0 Å². The molecule has 0 aliphatic carbocycles. The molecule has 2 aliphatic heterocycles. The zero-order chi connectivity index (χ0) is 18.4. The van der Waals surface area contributed by atoms with Gasteiger partial charge in [0.2, 0.25) is 0 Å². The van der Waals surface area contributed by atoms with Crippen LogP contribution < -0.4 is 5.32 Å².